The van der Waals surface area contributed by atoms with Crippen LogP contribution in [0.4, 0.5) is 0 Å². The molecule has 13 heavy (non-hydrogen) atoms. The fourth-order valence-electron chi connectivity index (χ4n) is 1.30. The fourth-order valence-corrected chi connectivity index (χ4v) is 1.30. The smallest absolute Gasteiger partial charge is 0.0685 e. The molecule has 1 aromatic carbocycles. The molecule has 0 aliphatic rings. The van der Waals surface area contributed by atoms with Crippen LogP contribution >= 0.6 is 0 Å². The first-order chi connectivity index (χ1) is 6.11. The molecule has 0 saturated heterocycles. The van der Waals surface area contributed by atoms with E-state index in [1.807, 2.05) is 18.2 Å². The topological polar surface area (TPSA) is 66.5 Å². The van der Waals surface area contributed by atoms with Crippen LogP contribution in [0, 0.1) is 0 Å². The number of hydrogen-bond acceptors (Lipinski definition) is 3. The number of aliphatic hydroxyl groups is 2. The molecule has 0 radical (unpaired) electrons. The van der Waals surface area contributed by atoms with Crippen molar-refractivity contribution in [2.45, 2.75) is 19.1 Å². The molecule has 1 aromatic rings. The summed E-state index contributed by atoms with van der Waals surface area (Å²) in [7, 11) is 0. The third-order valence-corrected chi connectivity index (χ3v) is 2.13. The van der Waals surface area contributed by atoms with Gasteiger partial charge in [0.15, 0.2) is 0 Å². The molecule has 0 aromatic heterocycles. The zero-order valence-corrected chi connectivity index (χ0v) is 7.70. The Morgan fingerprint density at radius 2 is 1.92 bits per heavy atom. The van der Waals surface area contributed by atoms with Crippen molar-refractivity contribution in [1.29, 1.82) is 0 Å². The summed E-state index contributed by atoms with van der Waals surface area (Å²) in [5.41, 5.74) is 6.63. The SMILES string of the molecule is C[C@](N)(CO)c1ccccc1CO. The summed E-state index contributed by atoms with van der Waals surface area (Å²) in [6.07, 6.45) is 0. The molecule has 0 bridgehead atoms. The van der Waals surface area contributed by atoms with E-state index < -0.39 is 5.54 Å². The number of aliphatic hydroxyl groups excluding tert-OH is 2. The molecule has 72 valence electrons. The van der Waals surface area contributed by atoms with E-state index in [4.69, 9.17) is 15.9 Å². The van der Waals surface area contributed by atoms with E-state index in [0.717, 1.165) is 11.1 Å². The van der Waals surface area contributed by atoms with E-state index in [2.05, 4.69) is 0 Å². The zero-order chi connectivity index (χ0) is 9.90. The van der Waals surface area contributed by atoms with Crippen LogP contribution in [-0.2, 0) is 12.1 Å². The van der Waals surface area contributed by atoms with E-state index in [-0.39, 0.29) is 13.2 Å². The Balaban J connectivity index is 3.12. The van der Waals surface area contributed by atoms with Gasteiger partial charge in [-0.2, -0.15) is 0 Å². The number of rotatable bonds is 3. The minimum Gasteiger partial charge on any atom is -0.394 e. The van der Waals surface area contributed by atoms with Gasteiger partial charge in [0.05, 0.1) is 18.8 Å². The lowest BCUT2D eigenvalue weighted by Gasteiger charge is -2.24. The number of nitrogens with two attached hydrogens (primary N) is 1. The van der Waals surface area contributed by atoms with Crippen LogP contribution in [0.3, 0.4) is 0 Å². The van der Waals surface area contributed by atoms with Crippen LogP contribution in [-0.4, -0.2) is 16.8 Å². The lowest BCUT2D eigenvalue weighted by Crippen LogP contribution is -2.37. The van der Waals surface area contributed by atoms with Crippen LogP contribution in [0.25, 0.3) is 0 Å². The van der Waals surface area contributed by atoms with E-state index >= 15 is 0 Å². The lowest BCUT2D eigenvalue weighted by atomic mass is 9.90. The maximum Gasteiger partial charge on any atom is 0.0685 e. The monoisotopic (exact) mass is 181 g/mol. The van der Waals surface area contributed by atoms with Crippen LogP contribution in [0.5, 0.6) is 0 Å². The zero-order valence-electron chi connectivity index (χ0n) is 7.70. The van der Waals surface area contributed by atoms with E-state index in [1.165, 1.54) is 0 Å². The van der Waals surface area contributed by atoms with Crippen molar-refractivity contribution in [2.24, 2.45) is 5.73 Å². The molecule has 1 atom stereocenters. The van der Waals surface area contributed by atoms with Gasteiger partial charge in [0.2, 0.25) is 0 Å². The fraction of sp³-hybridized carbons (Fsp3) is 0.400. The highest BCUT2D eigenvalue weighted by atomic mass is 16.3. The van der Waals surface area contributed by atoms with Gasteiger partial charge in [0, 0.05) is 0 Å². The van der Waals surface area contributed by atoms with Gasteiger partial charge in [-0.05, 0) is 18.1 Å². The highest BCUT2D eigenvalue weighted by molar-refractivity contribution is 5.32. The van der Waals surface area contributed by atoms with Crippen LogP contribution in [0.1, 0.15) is 18.1 Å². The molecular formula is C10H15NO2. The summed E-state index contributed by atoms with van der Waals surface area (Å²) in [5, 5.41) is 18.1. The van der Waals surface area contributed by atoms with E-state index in [9.17, 15) is 0 Å². The molecular weight excluding hydrogens is 166 g/mol. The second-order valence-corrected chi connectivity index (χ2v) is 3.39. The first-order valence-corrected chi connectivity index (χ1v) is 4.21. The van der Waals surface area contributed by atoms with Crippen molar-refractivity contribution in [3.05, 3.63) is 35.4 Å². The molecule has 0 heterocycles. The quantitative estimate of drug-likeness (QED) is 0.630. The molecule has 0 aliphatic heterocycles. The van der Waals surface area contributed by atoms with Crippen molar-refractivity contribution in [1.82, 2.24) is 0 Å². The molecule has 0 unspecified atom stereocenters. The second-order valence-electron chi connectivity index (χ2n) is 3.39. The van der Waals surface area contributed by atoms with Gasteiger partial charge in [-0.25, -0.2) is 0 Å². The van der Waals surface area contributed by atoms with Crippen molar-refractivity contribution in [3.8, 4) is 0 Å². The van der Waals surface area contributed by atoms with Gasteiger partial charge in [-0.1, -0.05) is 24.3 Å². The summed E-state index contributed by atoms with van der Waals surface area (Å²) in [6.45, 7) is 1.55. The largest absolute Gasteiger partial charge is 0.394 e. The summed E-state index contributed by atoms with van der Waals surface area (Å²) in [4.78, 5) is 0. The first-order valence-electron chi connectivity index (χ1n) is 4.21. The highest BCUT2D eigenvalue weighted by Crippen LogP contribution is 2.21. The third kappa shape index (κ3) is 2.06. The third-order valence-electron chi connectivity index (χ3n) is 2.13. The summed E-state index contributed by atoms with van der Waals surface area (Å²) in [6, 6.07) is 7.30. The molecule has 0 spiro atoms. The summed E-state index contributed by atoms with van der Waals surface area (Å²) in [5.74, 6) is 0. The Labute approximate surface area is 77.8 Å². The van der Waals surface area contributed by atoms with Crippen LogP contribution in [0.15, 0.2) is 24.3 Å². The standard InChI is InChI=1S/C10H15NO2/c1-10(11,7-13)9-5-3-2-4-8(9)6-12/h2-5,12-13H,6-7,11H2,1H3/t10-/m0/s1. The van der Waals surface area contributed by atoms with Crippen molar-refractivity contribution in [2.75, 3.05) is 6.61 Å². The molecule has 0 aliphatic carbocycles. The lowest BCUT2D eigenvalue weighted by molar-refractivity contribution is 0.205. The van der Waals surface area contributed by atoms with E-state index in [0.29, 0.717) is 0 Å². The van der Waals surface area contributed by atoms with Crippen molar-refractivity contribution in [3.63, 3.8) is 0 Å². The molecule has 0 saturated carbocycles. The van der Waals surface area contributed by atoms with Crippen molar-refractivity contribution >= 4 is 0 Å². The molecule has 4 N–H and O–H groups in total. The van der Waals surface area contributed by atoms with Gasteiger partial charge in [0.1, 0.15) is 0 Å². The molecule has 0 fully saturated rings. The Hall–Kier alpha value is -0.900. The van der Waals surface area contributed by atoms with Gasteiger partial charge >= 0.3 is 0 Å². The van der Waals surface area contributed by atoms with Crippen LogP contribution < -0.4 is 5.73 Å². The second kappa shape index (κ2) is 3.87. The van der Waals surface area contributed by atoms with Crippen molar-refractivity contribution < 1.29 is 10.2 Å². The minimum absolute atomic E-state index is 0.0526. The summed E-state index contributed by atoms with van der Waals surface area (Å²) < 4.78 is 0. The maximum atomic E-state index is 9.06. The normalized spacial score (nSPS) is 15.4. The Morgan fingerprint density at radius 1 is 1.31 bits per heavy atom. The molecule has 0 amide bonds. The van der Waals surface area contributed by atoms with Gasteiger partial charge in [-0.15, -0.1) is 0 Å². The number of benzene rings is 1. The first kappa shape index (κ1) is 10.2. The molecule has 1 rings (SSSR count). The van der Waals surface area contributed by atoms with E-state index in [1.54, 1.807) is 13.0 Å². The molecule has 3 nitrogen and oxygen atoms in total. The minimum atomic E-state index is -0.778. The van der Waals surface area contributed by atoms with Gasteiger partial charge in [0.25, 0.3) is 0 Å². The Kier molecular flexibility index (Phi) is 3.03. The predicted octanol–water partition coefficient (Wildman–Crippen LogP) is 0.345. The predicted molar refractivity (Wildman–Crippen MR) is 51.0 cm³/mol. The Bertz CT molecular complexity index is 284. The summed E-state index contributed by atoms with van der Waals surface area (Å²) >= 11 is 0. The Morgan fingerprint density at radius 3 is 2.46 bits per heavy atom. The average molecular weight is 181 g/mol. The molecule has 3 heteroatoms. The van der Waals surface area contributed by atoms with Crippen LogP contribution in [0.2, 0.25) is 0 Å². The number of hydrogen-bond donors (Lipinski definition) is 3. The highest BCUT2D eigenvalue weighted by Gasteiger charge is 2.22. The average Bonchev–Trinajstić information content (AvgIpc) is 2.18. The van der Waals surface area contributed by atoms with Gasteiger partial charge in [-0.3, -0.25) is 0 Å². The van der Waals surface area contributed by atoms with Gasteiger partial charge < -0.3 is 15.9 Å². The maximum absolute atomic E-state index is 9.06.